The molecule has 26 heavy (non-hydrogen) atoms. The lowest BCUT2D eigenvalue weighted by atomic mass is 10.0. The molecule has 4 rings (SSSR count). The summed E-state index contributed by atoms with van der Waals surface area (Å²) in [5.74, 6) is 2.11. The van der Waals surface area contributed by atoms with Crippen LogP contribution < -0.4 is 4.90 Å². The zero-order valence-electron chi connectivity index (χ0n) is 15.4. The van der Waals surface area contributed by atoms with Gasteiger partial charge in [-0.2, -0.15) is 0 Å². The van der Waals surface area contributed by atoms with E-state index in [0.29, 0.717) is 11.7 Å². The fourth-order valence-electron chi connectivity index (χ4n) is 3.51. The van der Waals surface area contributed by atoms with Crippen molar-refractivity contribution in [3.05, 3.63) is 42.0 Å². The lowest BCUT2D eigenvalue weighted by molar-refractivity contribution is 0.426. The molecule has 0 radical (unpaired) electrons. The van der Waals surface area contributed by atoms with Crippen LogP contribution in [-0.4, -0.2) is 33.2 Å². The van der Waals surface area contributed by atoms with Crippen molar-refractivity contribution in [3.63, 3.8) is 0 Å². The average Bonchev–Trinajstić information content (AvgIpc) is 3.08. The van der Waals surface area contributed by atoms with Gasteiger partial charge in [-0.25, -0.2) is 9.97 Å². The third-order valence-electron chi connectivity index (χ3n) is 4.87. The molecular formula is C20H23N5O. The fourth-order valence-corrected chi connectivity index (χ4v) is 3.51. The zero-order chi connectivity index (χ0) is 18.1. The first-order valence-corrected chi connectivity index (χ1v) is 9.09. The number of anilines is 1. The summed E-state index contributed by atoms with van der Waals surface area (Å²) in [5, 5.41) is 4.02. The molecule has 0 unspecified atom stereocenters. The monoisotopic (exact) mass is 349 g/mol. The van der Waals surface area contributed by atoms with E-state index in [-0.39, 0.29) is 0 Å². The first-order chi connectivity index (χ1) is 12.6. The molecule has 0 N–H and O–H groups in total. The van der Waals surface area contributed by atoms with Gasteiger partial charge in [-0.3, -0.25) is 4.98 Å². The van der Waals surface area contributed by atoms with Crippen molar-refractivity contribution in [2.75, 3.05) is 18.0 Å². The molecule has 3 aromatic heterocycles. The normalized spacial score (nSPS) is 17.5. The van der Waals surface area contributed by atoms with E-state index in [1.807, 2.05) is 38.2 Å². The van der Waals surface area contributed by atoms with Gasteiger partial charge in [-0.1, -0.05) is 12.1 Å². The van der Waals surface area contributed by atoms with E-state index < -0.39 is 0 Å². The molecule has 0 amide bonds. The van der Waals surface area contributed by atoms with Crippen LogP contribution in [0.5, 0.6) is 0 Å². The lowest BCUT2D eigenvalue weighted by Crippen LogP contribution is -2.35. The Morgan fingerprint density at radius 3 is 2.81 bits per heavy atom. The summed E-state index contributed by atoms with van der Waals surface area (Å²) >= 11 is 0. The molecule has 0 spiro atoms. The summed E-state index contributed by atoms with van der Waals surface area (Å²) < 4.78 is 5.49. The van der Waals surface area contributed by atoms with Gasteiger partial charge in [0.15, 0.2) is 5.76 Å². The molecule has 0 aliphatic carbocycles. The predicted molar refractivity (Wildman–Crippen MR) is 101 cm³/mol. The summed E-state index contributed by atoms with van der Waals surface area (Å²) in [4.78, 5) is 16.3. The van der Waals surface area contributed by atoms with Crippen LogP contribution in [0.2, 0.25) is 0 Å². The third-order valence-corrected chi connectivity index (χ3v) is 4.87. The van der Waals surface area contributed by atoms with E-state index in [1.54, 1.807) is 6.20 Å². The Kier molecular flexibility index (Phi) is 4.41. The maximum absolute atomic E-state index is 5.49. The van der Waals surface area contributed by atoms with E-state index in [4.69, 9.17) is 9.51 Å². The molecule has 6 nitrogen and oxygen atoms in total. The molecule has 1 aliphatic heterocycles. The van der Waals surface area contributed by atoms with Gasteiger partial charge < -0.3 is 9.42 Å². The number of hydrogen-bond donors (Lipinski definition) is 0. The van der Waals surface area contributed by atoms with Gasteiger partial charge in [0.05, 0.1) is 17.0 Å². The second-order valence-corrected chi connectivity index (χ2v) is 7.09. The number of aryl methyl sites for hydroxylation is 2. The van der Waals surface area contributed by atoms with E-state index in [2.05, 4.69) is 26.9 Å². The molecular weight excluding hydrogens is 326 g/mol. The van der Waals surface area contributed by atoms with Gasteiger partial charge in [-0.15, -0.1) is 0 Å². The van der Waals surface area contributed by atoms with Crippen molar-refractivity contribution in [3.8, 4) is 22.6 Å². The standard InChI is InChI=1S/C20H23N5O/c1-13-6-5-9-25(12-13)20-22-11-17(18-10-14(2)24-26-18)19(23-20)16-7-4-8-21-15(16)3/h4,7-8,10-11,13H,5-6,9,12H2,1-3H3/t13-/m1/s1. The van der Waals surface area contributed by atoms with E-state index in [9.17, 15) is 0 Å². The van der Waals surface area contributed by atoms with Gasteiger partial charge in [0.2, 0.25) is 5.95 Å². The average molecular weight is 349 g/mol. The molecule has 1 saturated heterocycles. The fraction of sp³-hybridized carbons (Fsp3) is 0.400. The highest BCUT2D eigenvalue weighted by Crippen LogP contribution is 2.33. The minimum atomic E-state index is 0.660. The van der Waals surface area contributed by atoms with E-state index in [1.165, 1.54) is 12.8 Å². The van der Waals surface area contributed by atoms with Gasteiger partial charge in [0.25, 0.3) is 0 Å². The molecule has 6 heteroatoms. The predicted octanol–water partition coefficient (Wildman–Crippen LogP) is 4.05. The molecule has 1 aliphatic rings. The van der Waals surface area contributed by atoms with Crippen molar-refractivity contribution in [2.45, 2.75) is 33.6 Å². The van der Waals surface area contributed by atoms with Crippen molar-refractivity contribution in [1.82, 2.24) is 20.1 Å². The Labute approximate surface area is 153 Å². The van der Waals surface area contributed by atoms with Crippen LogP contribution in [0.25, 0.3) is 22.6 Å². The van der Waals surface area contributed by atoms with Crippen molar-refractivity contribution < 1.29 is 4.52 Å². The molecule has 134 valence electrons. The third kappa shape index (κ3) is 3.19. The van der Waals surface area contributed by atoms with Crippen LogP contribution in [-0.2, 0) is 0 Å². The van der Waals surface area contributed by atoms with Crippen molar-refractivity contribution in [1.29, 1.82) is 0 Å². The summed E-state index contributed by atoms with van der Waals surface area (Å²) in [6, 6.07) is 5.89. The number of pyridine rings is 1. The quantitative estimate of drug-likeness (QED) is 0.711. The van der Waals surface area contributed by atoms with Crippen LogP contribution in [0.1, 0.15) is 31.2 Å². The first kappa shape index (κ1) is 16.7. The van der Waals surface area contributed by atoms with Crippen molar-refractivity contribution >= 4 is 5.95 Å². The number of hydrogen-bond acceptors (Lipinski definition) is 6. The maximum Gasteiger partial charge on any atom is 0.225 e. The van der Waals surface area contributed by atoms with Crippen LogP contribution in [0.15, 0.2) is 35.1 Å². The second kappa shape index (κ2) is 6.86. The summed E-state index contributed by atoms with van der Waals surface area (Å²) in [5.41, 5.74) is 4.44. The summed E-state index contributed by atoms with van der Waals surface area (Å²) in [6.07, 6.45) is 6.09. The molecule has 0 saturated carbocycles. The van der Waals surface area contributed by atoms with Gasteiger partial charge >= 0.3 is 0 Å². The molecule has 0 aromatic carbocycles. The Morgan fingerprint density at radius 1 is 1.19 bits per heavy atom. The van der Waals surface area contributed by atoms with Crippen LogP contribution in [0, 0.1) is 19.8 Å². The van der Waals surface area contributed by atoms with E-state index >= 15 is 0 Å². The smallest absolute Gasteiger partial charge is 0.225 e. The van der Waals surface area contributed by atoms with Gasteiger partial charge in [-0.05, 0) is 44.7 Å². The second-order valence-electron chi connectivity index (χ2n) is 7.09. The molecule has 0 bridgehead atoms. The largest absolute Gasteiger partial charge is 0.356 e. The number of aromatic nitrogens is 4. The minimum Gasteiger partial charge on any atom is -0.356 e. The molecule has 1 atom stereocenters. The van der Waals surface area contributed by atoms with Crippen LogP contribution in [0.4, 0.5) is 5.95 Å². The molecule has 3 aromatic rings. The number of rotatable bonds is 3. The van der Waals surface area contributed by atoms with Gasteiger partial charge in [0, 0.05) is 42.8 Å². The molecule has 1 fully saturated rings. The number of nitrogens with zero attached hydrogens (tertiary/aromatic N) is 5. The Morgan fingerprint density at radius 2 is 2.08 bits per heavy atom. The highest BCUT2D eigenvalue weighted by atomic mass is 16.5. The Balaban J connectivity index is 1.83. The highest BCUT2D eigenvalue weighted by molar-refractivity contribution is 5.79. The number of piperidine rings is 1. The lowest BCUT2D eigenvalue weighted by Gasteiger charge is -2.31. The maximum atomic E-state index is 5.49. The Bertz CT molecular complexity index is 920. The topological polar surface area (TPSA) is 67.9 Å². The first-order valence-electron chi connectivity index (χ1n) is 9.09. The SMILES string of the molecule is Cc1cc(-c2cnc(N3CCC[C@@H](C)C3)nc2-c2cccnc2C)on1. The highest BCUT2D eigenvalue weighted by Gasteiger charge is 2.22. The molecule has 4 heterocycles. The zero-order valence-corrected chi connectivity index (χ0v) is 15.4. The van der Waals surface area contributed by atoms with Crippen LogP contribution in [0.3, 0.4) is 0 Å². The summed E-state index contributed by atoms with van der Waals surface area (Å²) in [7, 11) is 0. The van der Waals surface area contributed by atoms with Gasteiger partial charge in [0.1, 0.15) is 0 Å². The Hall–Kier alpha value is -2.76. The minimum absolute atomic E-state index is 0.660. The summed E-state index contributed by atoms with van der Waals surface area (Å²) in [6.45, 7) is 8.18. The van der Waals surface area contributed by atoms with Crippen LogP contribution >= 0.6 is 0 Å². The van der Waals surface area contributed by atoms with E-state index in [0.717, 1.165) is 47.2 Å². The van der Waals surface area contributed by atoms with Crippen molar-refractivity contribution in [2.24, 2.45) is 5.92 Å².